The summed E-state index contributed by atoms with van der Waals surface area (Å²) in [5.41, 5.74) is 6.55. The Labute approximate surface area is 169 Å². The molecule has 3 aromatic rings. The molecule has 1 N–H and O–H groups in total. The number of hydrogen-bond donors (Lipinski definition) is 1. The van der Waals surface area contributed by atoms with E-state index in [2.05, 4.69) is 44.7 Å². The molecule has 1 aliphatic heterocycles. The molecule has 0 radical (unpaired) electrons. The summed E-state index contributed by atoms with van der Waals surface area (Å²) in [7, 11) is 1.69. The van der Waals surface area contributed by atoms with Crippen LogP contribution in [0.15, 0.2) is 29.3 Å². The quantitative estimate of drug-likeness (QED) is 0.736. The molecule has 4 rings (SSSR count). The fourth-order valence-corrected chi connectivity index (χ4v) is 3.74. The smallest absolute Gasteiger partial charge is 0.255 e. The number of nitrogens with zero attached hydrogens (tertiary/aromatic N) is 4. The van der Waals surface area contributed by atoms with Gasteiger partial charge in [0.2, 0.25) is 0 Å². The van der Waals surface area contributed by atoms with Crippen molar-refractivity contribution in [2.45, 2.75) is 40.3 Å². The number of aromatic amines is 1. The zero-order valence-corrected chi connectivity index (χ0v) is 17.2. The zero-order chi connectivity index (χ0) is 20.5. The molecule has 0 fully saturated rings. The second kappa shape index (κ2) is 7.75. The number of nitrogens with one attached hydrogen (secondary N) is 1. The lowest BCUT2D eigenvalue weighted by Crippen LogP contribution is -2.35. The summed E-state index contributed by atoms with van der Waals surface area (Å²) < 4.78 is 5.41. The van der Waals surface area contributed by atoms with Crippen LogP contribution in [-0.2, 0) is 19.5 Å². The summed E-state index contributed by atoms with van der Waals surface area (Å²) in [6, 6.07) is 4.12. The van der Waals surface area contributed by atoms with Gasteiger partial charge in [-0.05, 0) is 43.5 Å². The van der Waals surface area contributed by atoms with E-state index in [1.807, 2.05) is 13.0 Å². The second-order valence-corrected chi connectivity index (χ2v) is 7.52. The van der Waals surface area contributed by atoms with Gasteiger partial charge in [-0.1, -0.05) is 6.07 Å². The van der Waals surface area contributed by atoms with E-state index in [-0.39, 0.29) is 5.56 Å². The second-order valence-electron chi connectivity index (χ2n) is 7.52. The highest BCUT2D eigenvalue weighted by atomic mass is 16.5. The Kier molecular flexibility index (Phi) is 5.15. The molecule has 0 atom stereocenters. The van der Waals surface area contributed by atoms with Gasteiger partial charge in [0.15, 0.2) is 5.82 Å². The lowest BCUT2D eigenvalue weighted by molar-refractivity contribution is 0.241. The minimum Gasteiger partial charge on any atom is -0.496 e. The molecule has 0 bridgehead atoms. The molecule has 7 nitrogen and oxygen atoms in total. The normalized spacial score (nSPS) is 13.9. The molecular formula is C22H25N5O2. The van der Waals surface area contributed by atoms with Gasteiger partial charge < -0.3 is 9.72 Å². The molecule has 29 heavy (non-hydrogen) atoms. The molecular weight excluding hydrogens is 366 g/mol. The Bertz CT molecular complexity index is 1110. The fraction of sp³-hybridized carbons (Fsp3) is 0.364. The third-order valence-corrected chi connectivity index (χ3v) is 5.63. The summed E-state index contributed by atoms with van der Waals surface area (Å²) in [5, 5.41) is 0. The van der Waals surface area contributed by atoms with Gasteiger partial charge in [-0.3, -0.25) is 14.7 Å². The average molecular weight is 391 g/mol. The molecule has 0 unspecified atom stereocenters. The van der Waals surface area contributed by atoms with E-state index in [4.69, 9.17) is 4.74 Å². The molecule has 3 heterocycles. The van der Waals surface area contributed by atoms with E-state index in [0.717, 1.165) is 47.8 Å². The monoisotopic (exact) mass is 391 g/mol. The fourth-order valence-electron chi connectivity index (χ4n) is 3.74. The first-order valence-corrected chi connectivity index (χ1v) is 9.72. The number of benzene rings is 1. The largest absolute Gasteiger partial charge is 0.496 e. The summed E-state index contributed by atoms with van der Waals surface area (Å²) in [6.45, 7) is 8.30. The van der Waals surface area contributed by atoms with Gasteiger partial charge >= 0.3 is 0 Å². The molecule has 0 saturated heterocycles. The van der Waals surface area contributed by atoms with Gasteiger partial charge in [0, 0.05) is 32.3 Å². The van der Waals surface area contributed by atoms with Crippen molar-refractivity contribution in [3.63, 3.8) is 0 Å². The van der Waals surface area contributed by atoms with Crippen molar-refractivity contribution < 1.29 is 4.74 Å². The summed E-state index contributed by atoms with van der Waals surface area (Å²) in [6.07, 6.45) is 4.05. The molecule has 0 amide bonds. The highest BCUT2D eigenvalue weighted by molar-refractivity contribution is 5.48. The van der Waals surface area contributed by atoms with E-state index < -0.39 is 0 Å². The van der Waals surface area contributed by atoms with Crippen molar-refractivity contribution in [3.8, 4) is 17.3 Å². The van der Waals surface area contributed by atoms with Gasteiger partial charge in [-0.2, -0.15) is 0 Å². The Hall–Kier alpha value is -3.06. The van der Waals surface area contributed by atoms with E-state index in [1.165, 1.54) is 11.1 Å². The van der Waals surface area contributed by atoms with Crippen LogP contribution in [0, 0.1) is 20.8 Å². The molecule has 1 aromatic carbocycles. The minimum absolute atomic E-state index is 0.0975. The van der Waals surface area contributed by atoms with Gasteiger partial charge in [-0.15, -0.1) is 0 Å². The van der Waals surface area contributed by atoms with Crippen molar-refractivity contribution >= 4 is 0 Å². The lowest BCUT2D eigenvalue weighted by atomic mass is 10.0. The van der Waals surface area contributed by atoms with Crippen LogP contribution in [0.5, 0.6) is 5.75 Å². The molecule has 0 spiro atoms. The van der Waals surface area contributed by atoms with Crippen LogP contribution in [0.4, 0.5) is 0 Å². The minimum atomic E-state index is -0.0975. The lowest BCUT2D eigenvalue weighted by Gasteiger charge is -2.28. The Morgan fingerprint density at radius 1 is 1.14 bits per heavy atom. The third-order valence-electron chi connectivity index (χ3n) is 5.63. The third kappa shape index (κ3) is 3.78. The van der Waals surface area contributed by atoms with Gasteiger partial charge in [0.25, 0.3) is 5.56 Å². The van der Waals surface area contributed by atoms with Crippen LogP contribution in [0.25, 0.3) is 11.5 Å². The summed E-state index contributed by atoms with van der Waals surface area (Å²) in [4.78, 5) is 31.1. The van der Waals surface area contributed by atoms with Crippen molar-refractivity contribution in [1.29, 1.82) is 0 Å². The maximum Gasteiger partial charge on any atom is 0.255 e. The van der Waals surface area contributed by atoms with Crippen molar-refractivity contribution in [2.24, 2.45) is 0 Å². The van der Waals surface area contributed by atoms with E-state index in [9.17, 15) is 4.79 Å². The van der Waals surface area contributed by atoms with Gasteiger partial charge in [0.1, 0.15) is 11.4 Å². The summed E-state index contributed by atoms with van der Waals surface area (Å²) >= 11 is 0. The SMILES string of the molecule is COc1ccc(CN2CCc3nc(-c4cnc(C)cn4)[nH]c(=O)c3C2)c(C)c1C. The van der Waals surface area contributed by atoms with Crippen LogP contribution >= 0.6 is 0 Å². The van der Waals surface area contributed by atoms with Gasteiger partial charge in [-0.25, -0.2) is 9.97 Å². The first-order valence-electron chi connectivity index (χ1n) is 9.72. The Morgan fingerprint density at radius 2 is 1.97 bits per heavy atom. The first-order chi connectivity index (χ1) is 14.0. The van der Waals surface area contributed by atoms with Crippen LogP contribution in [0.3, 0.4) is 0 Å². The number of aromatic nitrogens is 4. The van der Waals surface area contributed by atoms with Crippen molar-refractivity contribution in [2.75, 3.05) is 13.7 Å². The van der Waals surface area contributed by atoms with Crippen LogP contribution in [0.2, 0.25) is 0 Å². The highest BCUT2D eigenvalue weighted by Gasteiger charge is 2.22. The molecule has 0 saturated carbocycles. The first kappa shape index (κ1) is 19.3. The topological polar surface area (TPSA) is 84.0 Å². The number of hydrogen-bond acceptors (Lipinski definition) is 6. The number of ether oxygens (including phenoxy) is 1. The predicted octanol–water partition coefficient (Wildman–Crippen LogP) is 2.72. The highest BCUT2D eigenvalue weighted by Crippen LogP contribution is 2.26. The predicted molar refractivity (Wildman–Crippen MR) is 111 cm³/mol. The number of methoxy groups -OCH3 is 1. The van der Waals surface area contributed by atoms with Crippen LogP contribution in [-0.4, -0.2) is 38.5 Å². The average Bonchev–Trinajstić information content (AvgIpc) is 2.72. The molecule has 2 aromatic heterocycles. The number of fused-ring (bicyclic) bond motifs is 1. The van der Waals surface area contributed by atoms with E-state index >= 15 is 0 Å². The molecule has 7 heteroatoms. The number of H-pyrrole nitrogens is 1. The van der Waals surface area contributed by atoms with Gasteiger partial charge in [0.05, 0.1) is 30.3 Å². The standard InChI is InChI=1S/C22H25N5O2/c1-13-9-24-19(10-23-13)21-25-18-7-8-27(12-17(18)22(28)26-21)11-16-5-6-20(29-4)15(3)14(16)2/h5-6,9-10H,7-8,11-12H2,1-4H3,(H,25,26,28). The maximum absolute atomic E-state index is 12.7. The number of aryl methyl sites for hydroxylation is 1. The van der Waals surface area contributed by atoms with E-state index in [0.29, 0.717) is 18.1 Å². The Balaban J connectivity index is 1.57. The zero-order valence-electron chi connectivity index (χ0n) is 17.2. The Morgan fingerprint density at radius 3 is 2.69 bits per heavy atom. The van der Waals surface area contributed by atoms with E-state index in [1.54, 1.807) is 19.5 Å². The van der Waals surface area contributed by atoms with Crippen LogP contribution in [0.1, 0.15) is 33.6 Å². The molecule has 1 aliphatic rings. The molecule has 150 valence electrons. The van der Waals surface area contributed by atoms with Crippen LogP contribution < -0.4 is 10.3 Å². The molecule has 0 aliphatic carbocycles. The van der Waals surface area contributed by atoms with Crippen molar-refractivity contribution in [1.82, 2.24) is 24.8 Å². The maximum atomic E-state index is 12.7. The number of rotatable bonds is 4. The summed E-state index contributed by atoms with van der Waals surface area (Å²) in [5.74, 6) is 1.39. The van der Waals surface area contributed by atoms with Crippen molar-refractivity contribution in [3.05, 3.63) is 68.5 Å².